The van der Waals surface area contributed by atoms with Crippen LogP contribution in [0.15, 0.2) is 43.0 Å². The van der Waals surface area contributed by atoms with Gasteiger partial charge in [0.05, 0.1) is 0 Å². The second-order valence-corrected chi connectivity index (χ2v) is 2.57. The molecule has 0 amide bonds. The molecule has 0 fully saturated rings. The summed E-state index contributed by atoms with van der Waals surface area (Å²) in [6, 6.07) is 8.71. The summed E-state index contributed by atoms with van der Waals surface area (Å²) in [6.45, 7) is 4.17. The van der Waals surface area contributed by atoms with Crippen molar-refractivity contribution in [2.24, 2.45) is 0 Å². The second kappa shape index (κ2) is 14.0. The Morgan fingerprint density at radius 1 is 1.28 bits per heavy atom. The van der Waals surface area contributed by atoms with E-state index in [0.29, 0.717) is 5.75 Å². The van der Waals surface area contributed by atoms with E-state index in [0.717, 1.165) is 0 Å². The van der Waals surface area contributed by atoms with Gasteiger partial charge in [-0.3, -0.25) is 4.68 Å². The van der Waals surface area contributed by atoms with Crippen LogP contribution in [0, 0.1) is 0 Å². The molecule has 2 aromatic rings. The molecule has 5 nitrogen and oxygen atoms in total. The van der Waals surface area contributed by atoms with E-state index < -0.39 is 0 Å². The maximum atomic E-state index is 9.66. The first-order valence-corrected chi connectivity index (χ1v) is 5.24. The Kier molecular flexibility index (Phi) is 15.0. The molecule has 0 aliphatic rings. The molecule has 0 bridgehead atoms. The van der Waals surface area contributed by atoms with Crippen LogP contribution in [0.2, 0.25) is 0 Å². The zero-order chi connectivity index (χ0) is 12.9. The summed E-state index contributed by atoms with van der Waals surface area (Å²) in [7, 11) is 0. The van der Waals surface area contributed by atoms with Crippen LogP contribution in [0.5, 0.6) is 5.75 Å². The number of para-hydroxylation sites is 1. The Morgan fingerprint density at radius 2 is 1.89 bits per heavy atom. The molecule has 1 aromatic carbocycles. The van der Waals surface area contributed by atoms with Crippen molar-refractivity contribution in [1.29, 1.82) is 0 Å². The van der Waals surface area contributed by atoms with E-state index in [2.05, 4.69) is 10.1 Å². The summed E-state index contributed by atoms with van der Waals surface area (Å²) in [5, 5.41) is 12.3. The van der Waals surface area contributed by atoms with Crippen LogP contribution in [0.3, 0.4) is 0 Å². The molecule has 1 N–H and O–H groups in total. The van der Waals surface area contributed by atoms with E-state index in [1.807, 2.05) is 19.9 Å². The third-order valence-corrected chi connectivity index (χ3v) is 1.45. The number of phenols is 1. The Hall–Kier alpha value is -1.07. The number of rotatable bonds is 2. The van der Waals surface area contributed by atoms with Gasteiger partial charge in [0.15, 0.2) is 0 Å². The van der Waals surface area contributed by atoms with Crippen LogP contribution >= 0.6 is 0 Å². The standard InChI is InChI=1S/C6H6O.C4H4N3O.C2H6.Y/c7-6-4-2-1-3-5-6;8-2-1-7-4-5-3-6-7;1-2;/h1-5,7H;3-4H,1H2;1-2H3;/q;-1;;. The van der Waals surface area contributed by atoms with Gasteiger partial charge in [-0.25, -0.2) is 11.3 Å². The van der Waals surface area contributed by atoms with E-state index in [-0.39, 0.29) is 39.3 Å². The molecule has 6 heteroatoms. The fraction of sp³-hybridized carbons (Fsp3) is 0.250. The van der Waals surface area contributed by atoms with Gasteiger partial charge in [-0.05, 0) is 12.1 Å². The number of hydrogen-bond donors (Lipinski definition) is 1. The van der Waals surface area contributed by atoms with E-state index >= 15 is 0 Å². The molecule has 1 radical (unpaired) electrons. The summed E-state index contributed by atoms with van der Waals surface area (Å²) in [5.41, 5.74) is 0. The predicted octanol–water partition coefficient (Wildman–Crippen LogP) is 1.80. The molecule has 1 heterocycles. The molecule has 0 aliphatic carbocycles. The first kappa shape index (κ1) is 19.3. The van der Waals surface area contributed by atoms with Crippen molar-refractivity contribution in [3.05, 3.63) is 43.0 Å². The largest absolute Gasteiger partial charge is 0.540 e. The molecular formula is C12H16N3O2Y-. The molecule has 0 saturated heterocycles. The number of benzene rings is 1. The van der Waals surface area contributed by atoms with E-state index in [1.54, 1.807) is 30.6 Å². The third kappa shape index (κ3) is 10.1. The van der Waals surface area contributed by atoms with Gasteiger partial charge in [0, 0.05) is 32.7 Å². The van der Waals surface area contributed by atoms with Crippen LogP contribution in [-0.2, 0) is 44.0 Å². The summed E-state index contributed by atoms with van der Waals surface area (Å²) < 4.78 is 1.40. The first-order chi connectivity index (χ1) is 8.33. The molecular weight excluding hydrogens is 307 g/mol. The third-order valence-electron chi connectivity index (χ3n) is 1.45. The minimum Gasteiger partial charge on any atom is -0.540 e. The van der Waals surface area contributed by atoms with Crippen molar-refractivity contribution >= 4 is 6.29 Å². The van der Waals surface area contributed by atoms with Crippen LogP contribution < -0.4 is 0 Å². The maximum absolute atomic E-state index is 9.66. The molecule has 95 valence electrons. The maximum Gasteiger partial charge on any atom is 0.137 e. The Labute approximate surface area is 132 Å². The Bertz CT molecular complexity index is 379. The van der Waals surface area contributed by atoms with Crippen molar-refractivity contribution < 1.29 is 42.6 Å². The Morgan fingerprint density at radius 3 is 2.22 bits per heavy atom. The van der Waals surface area contributed by atoms with Gasteiger partial charge >= 0.3 is 0 Å². The van der Waals surface area contributed by atoms with Crippen LogP contribution in [-0.4, -0.2) is 26.2 Å². The average Bonchev–Trinajstić information content (AvgIpc) is 2.87. The van der Waals surface area contributed by atoms with Crippen molar-refractivity contribution in [2.45, 2.75) is 20.4 Å². The minimum absolute atomic E-state index is 0. The summed E-state index contributed by atoms with van der Waals surface area (Å²) in [6.07, 6.45) is 4.52. The smallest absolute Gasteiger partial charge is 0.137 e. The fourth-order valence-electron chi connectivity index (χ4n) is 0.809. The van der Waals surface area contributed by atoms with Gasteiger partial charge in [-0.15, -0.1) is 0 Å². The van der Waals surface area contributed by atoms with Crippen molar-refractivity contribution in [2.75, 3.05) is 0 Å². The number of phenolic OH excluding ortho intramolecular Hbond substituents is 1. The van der Waals surface area contributed by atoms with Gasteiger partial charge in [-0.1, -0.05) is 38.6 Å². The monoisotopic (exact) mass is 323 g/mol. The molecule has 2 rings (SSSR count). The number of aromatic hydroxyl groups is 1. The van der Waals surface area contributed by atoms with Crippen molar-refractivity contribution in [3.8, 4) is 5.75 Å². The fourth-order valence-corrected chi connectivity index (χ4v) is 0.809. The number of aromatic nitrogens is 3. The zero-order valence-electron chi connectivity index (χ0n) is 10.5. The Balaban J connectivity index is 0. The predicted molar refractivity (Wildman–Crippen MR) is 65.2 cm³/mol. The van der Waals surface area contributed by atoms with Crippen LogP contribution in [0.1, 0.15) is 13.8 Å². The average molecular weight is 323 g/mol. The van der Waals surface area contributed by atoms with Gasteiger partial charge in [0.2, 0.25) is 0 Å². The minimum atomic E-state index is 0. The number of nitrogens with zero attached hydrogens (tertiary/aromatic N) is 3. The van der Waals surface area contributed by atoms with E-state index in [1.165, 1.54) is 17.3 Å². The molecule has 0 aliphatic heterocycles. The quantitative estimate of drug-likeness (QED) is 0.856. The summed E-state index contributed by atoms with van der Waals surface area (Å²) in [4.78, 5) is 13.3. The first-order valence-electron chi connectivity index (χ1n) is 5.24. The zero-order valence-corrected chi connectivity index (χ0v) is 13.4. The van der Waals surface area contributed by atoms with Crippen molar-refractivity contribution in [3.63, 3.8) is 0 Å². The van der Waals surface area contributed by atoms with Gasteiger partial charge in [0.25, 0.3) is 0 Å². The second-order valence-electron chi connectivity index (χ2n) is 2.57. The van der Waals surface area contributed by atoms with Gasteiger partial charge in [0.1, 0.15) is 18.4 Å². The number of carbonyl (C=O) groups excluding carboxylic acids is 1. The molecule has 0 unspecified atom stereocenters. The van der Waals surface area contributed by atoms with E-state index in [4.69, 9.17) is 5.11 Å². The normalized spacial score (nSPS) is 7.67. The van der Waals surface area contributed by atoms with Crippen LogP contribution in [0.25, 0.3) is 0 Å². The molecule has 0 atom stereocenters. The van der Waals surface area contributed by atoms with Crippen LogP contribution in [0.4, 0.5) is 0 Å². The molecule has 0 saturated carbocycles. The van der Waals surface area contributed by atoms with E-state index in [9.17, 15) is 4.79 Å². The molecule has 1 aromatic heterocycles. The summed E-state index contributed by atoms with van der Waals surface area (Å²) >= 11 is 0. The molecule has 0 spiro atoms. The SMILES string of the molecule is CC.O=[C-]Cn1cncn1.Oc1ccccc1.[Y]. The topological polar surface area (TPSA) is 68.0 Å². The molecule has 18 heavy (non-hydrogen) atoms. The van der Waals surface area contributed by atoms with Crippen molar-refractivity contribution in [1.82, 2.24) is 14.8 Å². The van der Waals surface area contributed by atoms with Gasteiger partial charge in [-0.2, -0.15) is 5.10 Å². The van der Waals surface area contributed by atoms with Gasteiger partial charge < -0.3 is 9.90 Å². The summed E-state index contributed by atoms with van der Waals surface area (Å²) in [5.74, 6) is 0.322. The number of hydrogen-bond acceptors (Lipinski definition) is 4.